The van der Waals surface area contributed by atoms with E-state index in [0.29, 0.717) is 23.2 Å². The van der Waals surface area contributed by atoms with Crippen LogP contribution in [0.5, 0.6) is 0 Å². The van der Waals surface area contributed by atoms with Gasteiger partial charge in [-0.25, -0.2) is 14.8 Å². The minimum absolute atomic E-state index is 0.0917. The first-order valence-corrected chi connectivity index (χ1v) is 10.3. The quantitative estimate of drug-likeness (QED) is 0.770. The van der Waals surface area contributed by atoms with E-state index in [9.17, 15) is 9.59 Å². The fraction of sp³-hybridized carbons (Fsp3) is 0.400. The van der Waals surface area contributed by atoms with E-state index in [1.54, 1.807) is 35.5 Å². The molecule has 2 aromatic rings. The molecule has 152 valence electrons. The zero-order chi connectivity index (χ0) is 20.4. The van der Waals surface area contributed by atoms with E-state index < -0.39 is 0 Å². The van der Waals surface area contributed by atoms with Crippen molar-refractivity contribution >= 4 is 41.2 Å². The molecule has 4 rings (SSSR count). The number of ether oxygens (including phenoxy) is 1. The Morgan fingerprint density at radius 3 is 2.28 bits per heavy atom. The summed E-state index contributed by atoms with van der Waals surface area (Å²) in [6, 6.07) is 5.37. The zero-order valence-electron chi connectivity index (χ0n) is 15.6. The lowest BCUT2D eigenvalue weighted by molar-refractivity contribution is -0.121. The number of rotatable bonds is 4. The average Bonchev–Trinajstić information content (AvgIpc) is 3.14. The third kappa shape index (κ3) is 4.62. The van der Waals surface area contributed by atoms with Crippen LogP contribution in [0.4, 0.5) is 10.7 Å². The van der Waals surface area contributed by atoms with E-state index in [1.807, 2.05) is 0 Å². The molecule has 1 saturated heterocycles. The third-order valence-corrected chi connectivity index (χ3v) is 5.82. The molecule has 1 aromatic carbocycles. The highest BCUT2D eigenvalue weighted by Gasteiger charge is 2.34. The first kappa shape index (κ1) is 19.9. The normalized spacial score (nSPS) is 21.7. The van der Waals surface area contributed by atoms with Gasteiger partial charge in [0.15, 0.2) is 0 Å². The molecule has 0 bridgehead atoms. The molecule has 1 N–H and O–H groups in total. The Kier molecular flexibility index (Phi) is 5.87. The minimum atomic E-state index is -0.243. The monoisotopic (exact) mass is 434 g/mol. The summed E-state index contributed by atoms with van der Waals surface area (Å²) in [5.74, 6) is 0.0583. The van der Waals surface area contributed by atoms with Crippen molar-refractivity contribution in [3.8, 4) is 11.1 Å². The fourth-order valence-corrected chi connectivity index (χ4v) is 4.39. The number of carbonyl (C=O) groups is 2. The Hall–Kier alpha value is -2.38. The molecule has 9 heteroatoms. The molecule has 0 atom stereocenters. The van der Waals surface area contributed by atoms with E-state index >= 15 is 0 Å². The van der Waals surface area contributed by atoms with Gasteiger partial charge in [0.25, 0.3) is 0 Å². The predicted molar refractivity (Wildman–Crippen MR) is 110 cm³/mol. The second-order valence-corrected chi connectivity index (χ2v) is 8.13. The Labute approximate surface area is 178 Å². The van der Waals surface area contributed by atoms with Crippen molar-refractivity contribution in [1.29, 1.82) is 0 Å². The summed E-state index contributed by atoms with van der Waals surface area (Å²) in [5, 5.41) is 3.85. The molecule has 2 heterocycles. The molecular weight excluding hydrogens is 415 g/mol. The molecule has 2 fully saturated rings. The topological polar surface area (TPSA) is 84.4 Å². The Bertz CT molecular complexity index is 894. The second kappa shape index (κ2) is 8.55. The van der Waals surface area contributed by atoms with Crippen LogP contribution in [0.15, 0.2) is 30.6 Å². The van der Waals surface area contributed by atoms with Crippen molar-refractivity contribution in [3.05, 3.63) is 40.6 Å². The summed E-state index contributed by atoms with van der Waals surface area (Å²) >= 11 is 12.1. The van der Waals surface area contributed by atoms with Crippen molar-refractivity contribution in [2.75, 3.05) is 18.5 Å². The van der Waals surface area contributed by atoms with E-state index in [1.165, 1.54) is 0 Å². The van der Waals surface area contributed by atoms with Crippen LogP contribution in [0.1, 0.15) is 25.7 Å². The number of hydrogen-bond donors (Lipinski definition) is 1. The van der Waals surface area contributed by atoms with Gasteiger partial charge in [-0.3, -0.25) is 10.1 Å². The van der Waals surface area contributed by atoms with Crippen molar-refractivity contribution in [1.82, 2.24) is 14.9 Å². The van der Waals surface area contributed by atoms with Gasteiger partial charge in [0, 0.05) is 40.0 Å². The van der Waals surface area contributed by atoms with Crippen LogP contribution in [0, 0.1) is 5.92 Å². The summed E-state index contributed by atoms with van der Waals surface area (Å²) in [5.41, 5.74) is 1.56. The molecule has 0 radical (unpaired) electrons. The molecule has 1 aromatic heterocycles. The van der Waals surface area contributed by atoms with Gasteiger partial charge in [-0.2, -0.15) is 0 Å². The van der Waals surface area contributed by atoms with Gasteiger partial charge in [0.2, 0.25) is 11.9 Å². The maximum Gasteiger partial charge on any atom is 0.410 e. The third-order valence-electron chi connectivity index (χ3n) is 5.38. The first-order valence-electron chi connectivity index (χ1n) is 9.52. The summed E-state index contributed by atoms with van der Waals surface area (Å²) in [4.78, 5) is 34.5. The molecule has 7 nitrogen and oxygen atoms in total. The highest BCUT2D eigenvalue weighted by Crippen LogP contribution is 2.30. The second-order valence-electron chi connectivity index (χ2n) is 7.26. The molecule has 1 aliphatic heterocycles. The van der Waals surface area contributed by atoms with Crippen LogP contribution in [-0.2, 0) is 9.53 Å². The number of amides is 2. The molecule has 1 aliphatic carbocycles. The standard InChI is InChI=1S/C20H20Cl2N4O3/c21-15-7-13(8-16(22)9-15)14-10-23-19(24-11-14)25-18(27)12-1-3-17(4-2-12)26-5-6-29-20(26)28/h7-12,17H,1-6H2,(H,23,24,25,27). The maximum absolute atomic E-state index is 12.6. The Morgan fingerprint density at radius 2 is 1.69 bits per heavy atom. The number of hydrogen-bond acceptors (Lipinski definition) is 5. The number of anilines is 1. The number of aromatic nitrogens is 2. The number of nitrogens with one attached hydrogen (secondary N) is 1. The first-order chi connectivity index (χ1) is 14.0. The molecule has 2 amide bonds. The molecule has 29 heavy (non-hydrogen) atoms. The van der Waals surface area contributed by atoms with Crippen molar-refractivity contribution < 1.29 is 14.3 Å². The lowest BCUT2D eigenvalue weighted by Crippen LogP contribution is -2.40. The van der Waals surface area contributed by atoms with E-state index in [4.69, 9.17) is 27.9 Å². The van der Waals surface area contributed by atoms with Gasteiger partial charge in [-0.15, -0.1) is 0 Å². The highest BCUT2D eigenvalue weighted by molar-refractivity contribution is 6.35. The fourth-order valence-electron chi connectivity index (χ4n) is 3.86. The molecular formula is C20H20Cl2N4O3. The highest BCUT2D eigenvalue weighted by atomic mass is 35.5. The number of halogens is 2. The summed E-state index contributed by atoms with van der Waals surface area (Å²) < 4.78 is 5.00. The van der Waals surface area contributed by atoms with Crippen LogP contribution in [0.2, 0.25) is 10.0 Å². The lowest BCUT2D eigenvalue weighted by atomic mass is 9.85. The van der Waals surface area contributed by atoms with E-state index in [0.717, 1.165) is 36.8 Å². The molecule has 1 saturated carbocycles. The smallest absolute Gasteiger partial charge is 0.410 e. The SMILES string of the molecule is O=C(Nc1ncc(-c2cc(Cl)cc(Cl)c2)cn1)C1CCC(N2CCOC2=O)CC1. The van der Waals surface area contributed by atoms with Crippen molar-refractivity contribution in [3.63, 3.8) is 0 Å². The van der Waals surface area contributed by atoms with Gasteiger partial charge < -0.3 is 9.64 Å². The molecule has 0 unspecified atom stereocenters. The van der Waals surface area contributed by atoms with Crippen LogP contribution < -0.4 is 5.32 Å². The predicted octanol–water partition coefficient (Wildman–Crippen LogP) is 4.40. The Morgan fingerprint density at radius 1 is 1.03 bits per heavy atom. The lowest BCUT2D eigenvalue weighted by Gasteiger charge is -2.32. The number of nitrogens with zero attached hydrogens (tertiary/aromatic N) is 3. The number of benzene rings is 1. The van der Waals surface area contributed by atoms with Crippen LogP contribution in [-0.4, -0.2) is 46.1 Å². The molecule has 2 aliphatic rings. The summed E-state index contributed by atoms with van der Waals surface area (Å²) in [7, 11) is 0. The summed E-state index contributed by atoms with van der Waals surface area (Å²) in [6.45, 7) is 1.09. The van der Waals surface area contributed by atoms with E-state index in [-0.39, 0.29) is 29.9 Å². The Balaban J connectivity index is 1.33. The van der Waals surface area contributed by atoms with Gasteiger partial charge >= 0.3 is 6.09 Å². The van der Waals surface area contributed by atoms with Gasteiger partial charge in [0.05, 0.1) is 6.54 Å². The molecule has 0 spiro atoms. The van der Waals surface area contributed by atoms with Crippen molar-refractivity contribution in [2.45, 2.75) is 31.7 Å². The van der Waals surface area contributed by atoms with Crippen LogP contribution in [0.3, 0.4) is 0 Å². The largest absolute Gasteiger partial charge is 0.448 e. The van der Waals surface area contributed by atoms with Gasteiger partial charge in [-0.05, 0) is 49.4 Å². The summed E-state index contributed by atoms with van der Waals surface area (Å²) in [6.07, 6.45) is 6.04. The van der Waals surface area contributed by atoms with Crippen molar-refractivity contribution in [2.24, 2.45) is 5.92 Å². The van der Waals surface area contributed by atoms with Gasteiger partial charge in [0.1, 0.15) is 6.61 Å². The maximum atomic E-state index is 12.6. The average molecular weight is 435 g/mol. The number of carbonyl (C=O) groups excluding carboxylic acids is 2. The van der Waals surface area contributed by atoms with Gasteiger partial charge in [-0.1, -0.05) is 23.2 Å². The van der Waals surface area contributed by atoms with Crippen LogP contribution in [0.25, 0.3) is 11.1 Å². The van der Waals surface area contributed by atoms with E-state index in [2.05, 4.69) is 15.3 Å². The zero-order valence-corrected chi connectivity index (χ0v) is 17.1. The van der Waals surface area contributed by atoms with Crippen LogP contribution >= 0.6 is 23.2 Å². The minimum Gasteiger partial charge on any atom is -0.448 e. The number of cyclic esters (lactones) is 1.